The van der Waals surface area contributed by atoms with Gasteiger partial charge in [0.2, 0.25) is 0 Å². The normalized spacial score (nSPS) is 10.0. The molecule has 0 bridgehead atoms. The van der Waals surface area contributed by atoms with Crippen molar-refractivity contribution in [3.8, 4) is 11.3 Å². The van der Waals surface area contributed by atoms with Gasteiger partial charge in [0.25, 0.3) is 5.91 Å². The smallest absolute Gasteiger partial charge is 0.269 e. The number of benzene rings is 1. The minimum absolute atomic E-state index is 0. The minimum atomic E-state index is -0.173. The predicted molar refractivity (Wildman–Crippen MR) is 86.9 cm³/mol. The van der Waals surface area contributed by atoms with E-state index in [9.17, 15) is 4.79 Å². The number of hydrogen-bond acceptors (Lipinski definition) is 3. The molecule has 0 spiro atoms. The number of unbranched alkanes of at least 4 members (excludes halogenated alkanes) is 1. The van der Waals surface area contributed by atoms with E-state index in [0.29, 0.717) is 29.5 Å². The molecular formula is C14H18Cl2N4O. The van der Waals surface area contributed by atoms with E-state index in [1.165, 1.54) is 0 Å². The van der Waals surface area contributed by atoms with Gasteiger partial charge in [0.15, 0.2) is 0 Å². The highest BCUT2D eigenvalue weighted by Crippen LogP contribution is 2.26. The van der Waals surface area contributed by atoms with Crippen LogP contribution in [0.15, 0.2) is 30.3 Å². The SMILES string of the molecule is Cl.NCCCCNC(=O)c1cc(-c2ccccc2Cl)n[nH]1. The molecule has 1 heterocycles. The first-order chi connectivity index (χ1) is 9.72. The van der Waals surface area contributed by atoms with Crippen LogP contribution in [0.25, 0.3) is 11.3 Å². The number of nitrogens with two attached hydrogens (primary N) is 1. The van der Waals surface area contributed by atoms with Crippen LogP contribution in [-0.4, -0.2) is 29.2 Å². The second-order valence-electron chi connectivity index (χ2n) is 4.40. The lowest BCUT2D eigenvalue weighted by molar-refractivity contribution is 0.0948. The number of nitrogens with zero attached hydrogens (tertiary/aromatic N) is 1. The van der Waals surface area contributed by atoms with Gasteiger partial charge >= 0.3 is 0 Å². The van der Waals surface area contributed by atoms with E-state index in [-0.39, 0.29) is 18.3 Å². The first-order valence-electron chi connectivity index (χ1n) is 6.51. The van der Waals surface area contributed by atoms with Crippen LogP contribution in [0.3, 0.4) is 0 Å². The van der Waals surface area contributed by atoms with Gasteiger partial charge in [-0.1, -0.05) is 29.8 Å². The van der Waals surface area contributed by atoms with Crippen molar-refractivity contribution in [3.05, 3.63) is 41.0 Å². The van der Waals surface area contributed by atoms with Crippen LogP contribution in [0.4, 0.5) is 0 Å². The lowest BCUT2D eigenvalue weighted by atomic mass is 10.1. The average Bonchev–Trinajstić information content (AvgIpc) is 2.93. The van der Waals surface area contributed by atoms with E-state index in [0.717, 1.165) is 18.4 Å². The van der Waals surface area contributed by atoms with Crippen molar-refractivity contribution < 1.29 is 4.79 Å². The molecule has 7 heteroatoms. The van der Waals surface area contributed by atoms with E-state index in [2.05, 4.69) is 15.5 Å². The van der Waals surface area contributed by atoms with Gasteiger partial charge in [0.05, 0.1) is 10.7 Å². The van der Waals surface area contributed by atoms with Crippen molar-refractivity contribution in [2.45, 2.75) is 12.8 Å². The summed E-state index contributed by atoms with van der Waals surface area (Å²) in [6.45, 7) is 1.24. The quantitative estimate of drug-likeness (QED) is 0.712. The predicted octanol–water partition coefficient (Wildman–Crippen LogP) is 2.62. The fourth-order valence-corrected chi connectivity index (χ4v) is 2.04. The zero-order valence-electron chi connectivity index (χ0n) is 11.4. The molecule has 1 aromatic heterocycles. The summed E-state index contributed by atoms with van der Waals surface area (Å²) in [5, 5.41) is 10.3. The van der Waals surface area contributed by atoms with Crippen LogP contribution in [-0.2, 0) is 0 Å². The summed E-state index contributed by atoms with van der Waals surface area (Å²) < 4.78 is 0. The Morgan fingerprint density at radius 3 is 2.81 bits per heavy atom. The Bertz CT molecular complexity index is 586. The van der Waals surface area contributed by atoms with Crippen LogP contribution in [0.5, 0.6) is 0 Å². The molecular weight excluding hydrogens is 311 g/mol. The third kappa shape index (κ3) is 4.74. The summed E-state index contributed by atoms with van der Waals surface area (Å²) in [4.78, 5) is 11.9. The Hall–Kier alpha value is -1.56. The summed E-state index contributed by atoms with van der Waals surface area (Å²) >= 11 is 6.10. The first kappa shape index (κ1) is 17.5. The summed E-state index contributed by atoms with van der Waals surface area (Å²) in [5.74, 6) is -0.173. The van der Waals surface area contributed by atoms with Crippen molar-refractivity contribution in [2.24, 2.45) is 5.73 Å². The lowest BCUT2D eigenvalue weighted by Crippen LogP contribution is -2.25. The Morgan fingerprint density at radius 2 is 2.10 bits per heavy atom. The number of H-pyrrole nitrogens is 1. The van der Waals surface area contributed by atoms with Gasteiger partial charge < -0.3 is 11.1 Å². The van der Waals surface area contributed by atoms with Gasteiger partial charge in [-0.25, -0.2) is 0 Å². The number of carbonyl (C=O) groups is 1. The molecule has 0 aliphatic rings. The molecule has 0 fully saturated rings. The molecule has 0 aliphatic heterocycles. The number of halogens is 2. The van der Waals surface area contributed by atoms with Gasteiger partial charge in [-0.05, 0) is 31.5 Å². The standard InChI is InChI=1S/C14H17ClN4O.ClH/c15-11-6-2-1-5-10(11)12-9-13(19-18-12)14(20)17-8-4-3-7-16;/h1-2,5-6,9H,3-4,7-8,16H2,(H,17,20)(H,18,19);1H. The number of nitrogens with one attached hydrogen (secondary N) is 2. The number of carbonyl (C=O) groups excluding carboxylic acids is 1. The summed E-state index contributed by atoms with van der Waals surface area (Å²) in [6, 6.07) is 9.07. The maximum absolute atomic E-state index is 11.9. The van der Waals surface area contributed by atoms with E-state index < -0.39 is 0 Å². The van der Waals surface area contributed by atoms with E-state index in [4.69, 9.17) is 17.3 Å². The zero-order valence-corrected chi connectivity index (χ0v) is 13.0. The second kappa shape index (κ2) is 8.67. The van der Waals surface area contributed by atoms with Crippen molar-refractivity contribution in [2.75, 3.05) is 13.1 Å². The van der Waals surface area contributed by atoms with Crippen LogP contribution < -0.4 is 11.1 Å². The molecule has 0 aliphatic carbocycles. The molecule has 21 heavy (non-hydrogen) atoms. The van der Waals surface area contributed by atoms with Gasteiger partial charge in [-0.2, -0.15) is 5.10 Å². The van der Waals surface area contributed by atoms with Crippen molar-refractivity contribution in [1.29, 1.82) is 0 Å². The molecule has 114 valence electrons. The molecule has 2 aromatic rings. The highest BCUT2D eigenvalue weighted by Gasteiger charge is 2.12. The Morgan fingerprint density at radius 1 is 1.33 bits per heavy atom. The highest BCUT2D eigenvalue weighted by atomic mass is 35.5. The second-order valence-corrected chi connectivity index (χ2v) is 4.81. The number of rotatable bonds is 6. The van der Waals surface area contributed by atoms with Gasteiger partial charge in [0, 0.05) is 12.1 Å². The third-order valence-electron chi connectivity index (χ3n) is 2.89. The van der Waals surface area contributed by atoms with E-state index in [1.54, 1.807) is 12.1 Å². The summed E-state index contributed by atoms with van der Waals surface area (Å²) in [7, 11) is 0. The number of aromatic nitrogens is 2. The number of amides is 1. The van der Waals surface area contributed by atoms with E-state index in [1.807, 2.05) is 18.2 Å². The summed E-state index contributed by atoms with van der Waals surface area (Å²) in [5.41, 5.74) is 7.27. The topological polar surface area (TPSA) is 83.8 Å². The van der Waals surface area contributed by atoms with Gasteiger partial charge in [-0.15, -0.1) is 12.4 Å². The van der Waals surface area contributed by atoms with Crippen molar-refractivity contribution in [1.82, 2.24) is 15.5 Å². The maximum atomic E-state index is 11.9. The molecule has 0 saturated carbocycles. The minimum Gasteiger partial charge on any atom is -0.351 e. The molecule has 5 nitrogen and oxygen atoms in total. The Labute approximate surface area is 134 Å². The van der Waals surface area contributed by atoms with Crippen LogP contribution >= 0.6 is 24.0 Å². The van der Waals surface area contributed by atoms with Crippen molar-refractivity contribution >= 4 is 29.9 Å². The maximum Gasteiger partial charge on any atom is 0.269 e. The molecule has 1 aromatic carbocycles. The largest absolute Gasteiger partial charge is 0.351 e. The average molecular weight is 329 g/mol. The fraction of sp³-hybridized carbons (Fsp3) is 0.286. The fourth-order valence-electron chi connectivity index (χ4n) is 1.81. The van der Waals surface area contributed by atoms with E-state index >= 15 is 0 Å². The Kier molecular flexibility index (Phi) is 7.22. The van der Waals surface area contributed by atoms with Crippen LogP contribution in [0, 0.1) is 0 Å². The first-order valence-corrected chi connectivity index (χ1v) is 6.88. The number of hydrogen-bond donors (Lipinski definition) is 3. The van der Waals surface area contributed by atoms with Crippen LogP contribution in [0.2, 0.25) is 5.02 Å². The summed E-state index contributed by atoms with van der Waals surface area (Å²) in [6.07, 6.45) is 1.77. The monoisotopic (exact) mass is 328 g/mol. The van der Waals surface area contributed by atoms with Crippen molar-refractivity contribution in [3.63, 3.8) is 0 Å². The molecule has 4 N–H and O–H groups in total. The zero-order chi connectivity index (χ0) is 14.4. The highest BCUT2D eigenvalue weighted by molar-refractivity contribution is 6.33. The Balaban J connectivity index is 0.00000220. The molecule has 0 atom stereocenters. The third-order valence-corrected chi connectivity index (χ3v) is 3.22. The van der Waals surface area contributed by atoms with Gasteiger partial charge in [-0.3, -0.25) is 9.89 Å². The molecule has 2 rings (SSSR count). The molecule has 1 amide bonds. The molecule has 0 radical (unpaired) electrons. The molecule has 0 saturated heterocycles. The van der Waals surface area contributed by atoms with Gasteiger partial charge in [0.1, 0.15) is 5.69 Å². The van der Waals surface area contributed by atoms with Crippen LogP contribution in [0.1, 0.15) is 23.3 Å². The molecule has 0 unspecified atom stereocenters. The lowest BCUT2D eigenvalue weighted by Gasteiger charge is -2.01. The number of aromatic amines is 1.